The molecular weight excluding hydrogens is 254 g/mol. The van der Waals surface area contributed by atoms with Gasteiger partial charge in [0.2, 0.25) is 0 Å². The first kappa shape index (κ1) is 14.3. The standard InChI is InChI=1S/C14H21N5O/c1-18(2)12-6-7-19(9-12)13(15)10-4-3-5-11(8-10)17-14(16)20/h3-5,8,12,15H,6-7,9H2,1-2H3,(H3,16,17,20). The van der Waals surface area contributed by atoms with Crippen molar-refractivity contribution in [2.45, 2.75) is 12.5 Å². The van der Waals surface area contributed by atoms with Crippen molar-refractivity contribution in [2.75, 3.05) is 32.5 Å². The minimum atomic E-state index is -0.595. The molecule has 1 heterocycles. The Morgan fingerprint density at radius 1 is 1.50 bits per heavy atom. The number of carbonyl (C=O) groups excluding carboxylic acids is 1. The van der Waals surface area contributed by atoms with E-state index >= 15 is 0 Å². The Labute approximate surface area is 119 Å². The lowest BCUT2D eigenvalue weighted by Crippen LogP contribution is -2.34. The van der Waals surface area contributed by atoms with Crippen LogP contribution in [0, 0.1) is 5.41 Å². The fourth-order valence-corrected chi connectivity index (χ4v) is 2.44. The molecule has 0 aliphatic carbocycles. The number of nitrogens with one attached hydrogen (secondary N) is 2. The number of amides is 2. The average Bonchev–Trinajstić information content (AvgIpc) is 2.87. The summed E-state index contributed by atoms with van der Waals surface area (Å²) in [5.41, 5.74) is 6.51. The summed E-state index contributed by atoms with van der Waals surface area (Å²) in [5.74, 6) is 0.488. The fourth-order valence-electron chi connectivity index (χ4n) is 2.44. The molecule has 20 heavy (non-hydrogen) atoms. The van der Waals surface area contributed by atoms with Gasteiger partial charge in [-0.25, -0.2) is 4.79 Å². The van der Waals surface area contributed by atoms with E-state index in [1.807, 2.05) is 12.1 Å². The van der Waals surface area contributed by atoms with Crippen LogP contribution in [0.2, 0.25) is 0 Å². The molecule has 1 unspecified atom stereocenters. The Hall–Kier alpha value is -2.08. The SMILES string of the molecule is CN(C)C1CCN(C(=N)c2cccc(NC(N)=O)c2)C1. The van der Waals surface area contributed by atoms with Crippen LogP contribution in [0.1, 0.15) is 12.0 Å². The Kier molecular flexibility index (Phi) is 4.24. The lowest BCUT2D eigenvalue weighted by atomic mass is 10.1. The lowest BCUT2D eigenvalue weighted by molar-refractivity contribution is 0.259. The second-order valence-corrected chi connectivity index (χ2v) is 5.27. The third-order valence-electron chi connectivity index (χ3n) is 3.61. The Bertz CT molecular complexity index is 514. The fraction of sp³-hybridized carbons (Fsp3) is 0.429. The van der Waals surface area contributed by atoms with Crippen molar-refractivity contribution in [3.63, 3.8) is 0 Å². The second kappa shape index (κ2) is 5.92. The number of nitrogens with two attached hydrogens (primary N) is 1. The van der Waals surface area contributed by atoms with Gasteiger partial charge in [0.1, 0.15) is 5.84 Å². The van der Waals surface area contributed by atoms with Crippen molar-refractivity contribution in [2.24, 2.45) is 5.73 Å². The smallest absolute Gasteiger partial charge is 0.316 e. The molecule has 1 saturated heterocycles. The molecule has 4 N–H and O–H groups in total. The topological polar surface area (TPSA) is 85.4 Å². The molecular formula is C14H21N5O. The normalized spacial score (nSPS) is 18.4. The maximum absolute atomic E-state index is 10.9. The van der Waals surface area contributed by atoms with Gasteiger partial charge in [-0.05, 0) is 32.6 Å². The van der Waals surface area contributed by atoms with Crippen LogP contribution in [0.15, 0.2) is 24.3 Å². The highest BCUT2D eigenvalue weighted by Crippen LogP contribution is 2.18. The van der Waals surface area contributed by atoms with Gasteiger partial charge in [0.05, 0.1) is 0 Å². The number of carbonyl (C=O) groups is 1. The summed E-state index contributed by atoms with van der Waals surface area (Å²) in [4.78, 5) is 15.1. The second-order valence-electron chi connectivity index (χ2n) is 5.27. The van der Waals surface area contributed by atoms with Crippen LogP contribution in [0.4, 0.5) is 10.5 Å². The van der Waals surface area contributed by atoms with E-state index in [0.29, 0.717) is 17.6 Å². The van der Waals surface area contributed by atoms with E-state index < -0.39 is 6.03 Å². The number of hydrogen-bond donors (Lipinski definition) is 3. The van der Waals surface area contributed by atoms with Crippen molar-refractivity contribution in [3.8, 4) is 0 Å². The van der Waals surface area contributed by atoms with Gasteiger partial charge in [-0.1, -0.05) is 12.1 Å². The quantitative estimate of drug-likeness (QED) is 0.571. The number of urea groups is 1. The summed E-state index contributed by atoms with van der Waals surface area (Å²) in [5, 5.41) is 10.8. The summed E-state index contributed by atoms with van der Waals surface area (Å²) in [6.07, 6.45) is 1.06. The molecule has 6 heteroatoms. The predicted molar refractivity (Wildman–Crippen MR) is 80.1 cm³/mol. The lowest BCUT2D eigenvalue weighted by Gasteiger charge is -2.22. The largest absolute Gasteiger partial charge is 0.355 e. The van der Waals surface area contributed by atoms with Crippen molar-refractivity contribution >= 4 is 17.6 Å². The molecule has 0 spiro atoms. The number of hydrogen-bond acceptors (Lipinski definition) is 3. The molecule has 2 amide bonds. The van der Waals surface area contributed by atoms with Gasteiger partial charge in [0.25, 0.3) is 0 Å². The van der Waals surface area contributed by atoms with Crippen molar-refractivity contribution < 1.29 is 4.79 Å². The van der Waals surface area contributed by atoms with Crippen molar-refractivity contribution in [1.82, 2.24) is 9.80 Å². The molecule has 0 saturated carbocycles. The van der Waals surface area contributed by atoms with E-state index in [0.717, 1.165) is 25.1 Å². The van der Waals surface area contributed by atoms with Gasteiger partial charge in [-0.3, -0.25) is 5.41 Å². The summed E-state index contributed by atoms with van der Waals surface area (Å²) < 4.78 is 0. The molecule has 1 aliphatic heterocycles. The zero-order chi connectivity index (χ0) is 14.7. The Morgan fingerprint density at radius 3 is 2.85 bits per heavy atom. The van der Waals surface area contributed by atoms with Gasteiger partial charge < -0.3 is 20.9 Å². The van der Waals surface area contributed by atoms with Crippen LogP contribution in [0.5, 0.6) is 0 Å². The number of nitrogens with zero attached hydrogens (tertiary/aromatic N) is 2. The summed E-state index contributed by atoms with van der Waals surface area (Å²) in [6.45, 7) is 1.74. The molecule has 0 bridgehead atoms. The van der Waals surface area contributed by atoms with E-state index in [-0.39, 0.29) is 0 Å². The number of rotatable bonds is 3. The minimum Gasteiger partial charge on any atom is -0.355 e. The van der Waals surface area contributed by atoms with E-state index in [2.05, 4.69) is 29.2 Å². The van der Waals surface area contributed by atoms with Gasteiger partial charge in [-0.2, -0.15) is 0 Å². The highest BCUT2D eigenvalue weighted by atomic mass is 16.2. The molecule has 0 aromatic heterocycles. The summed E-state index contributed by atoms with van der Waals surface area (Å²) >= 11 is 0. The van der Waals surface area contributed by atoms with Crippen molar-refractivity contribution in [1.29, 1.82) is 5.41 Å². The number of primary amides is 1. The molecule has 1 atom stereocenters. The third-order valence-corrected chi connectivity index (χ3v) is 3.61. The monoisotopic (exact) mass is 275 g/mol. The number of benzene rings is 1. The van der Waals surface area contributed by atoms with Gasteiger partial charge in [-0.15, -0.1) is 0 Å². The summed E-state index contributed by atoms with van der Waals surface area (Å²) in [6, 6.07) is 7.11. The van der Waals surface area contributed by atoms with Crippen LogP contribution in [0.3, 0.4) is 0 Å². The van der Waals surface area contributed by atoms with E-state index in [4.69, 9.17) is 11.1 Å². The van der Waals surface area contributed by atoms with Crippen LogP contribution >= 0.6 is 0 Å². The van der Waals surface area contributed by atoms with Crippen LogP contribution in [0.25, 0.3) is 0 Å². The van der Waals surface area contributed by atoms with Gasteiger partial charge in [0.15, 0.2) is 0 Å². The maximum atomic E-state index is 10.9. The zero-order valence-electron chi connectivity index (χ0n) is 11.9. The molecule has 1 aliphatic rings. The Balaban J connectivity index is 2.08. The summed E-state index contributed by atoms with van der Waals surface area (Å²) in [7, 11) is 4.13. The van der Waals surface area contributed by atoms with Crippen LogP contribution < -0.4 is 11.1 Å². The first-order valence-electron chi connectivity index (χ1n) is 6.64. The van der Waals surface area contributed by atoms with E-state index in [1.54, 1.807) is 12.1 Å². The van der Waals surface area contributed by atoms with Gasteiger partial charge in [0, 0.05) is 30.4 Å². The van der Waals surface area contributed by atoms with E-state index in [1.165, 1.54) is 0 Å². The minimum absolute atomic E-state index is 0.488. The molecule has 1 aromatic carbocycles. The predicted octanol–water partition coefficient (Wildman–Crippen LogP) is 1.14. The number of likely N-dealkylation sites (tertiary alicyclic amines) is 1. The molecule has 108 valence electrons. The maximum Gasteiger partial charge on any atom is 0.316 e. The molecule has 6 nitrogen and oxygen atoms in total. The zero-order valence-corrected chi connectivity index (χ0v) is 11.9. The molecule has 1 aromatic rings. The highest BCUT2D eigenvalue weighted by molar-refractivity contribution is 5.98. The van der Waals surface area contributed by atoms with Gasteiger partial charge >= 0.3 is 6.03 Å². The number of anilines is 1. The van der Waals surface area contributed by atoms with Crippen LogP contribution in [-0.4, -0.2) is 54.9 Å². The van der Waals surface area contributed by atoms with E-state index in [9.17, 15) is 4.79 Å². The molecule has 1 fully saturated rings. The Morgan fingerprint density at radius 2 is 2.25 bits per heavy atom. The molecule has 0 radical (unpaired) electrons. The van der Waals surface area contributed by atoms with Crippen molar-refractivity contribution in [3.05, 3.63) is 29.8 Å². The first-order valence-corrected chi connectivity index (χ1v) is 6.64. The third kappa shape index (κ3) is 3.27. The first-order chi connectivity index (χ1) is 9.47. The number of amidine groups is 1. The van der Waals surface area contributed by atoms with Crippen LogP contribution in [-0.2, 0) is 0 Å². The number of likely N-dealkylation sites (N-methyl/N-ethyl adjacent to an activating group) is 1. The average molecular weight is 275 g/mol. The highest BCUT2D eigenvalue weighted by Gasteiger charge is 2.26. The molecule has 2 rings (SSSR count).